The standard InChI is InChI=1S/C11H13FN2/c1-11(2,3)14-10-5-8(7-13)4-9(12)6-10/h4-6,14H,1-3H3. The van der Waals surface area contributed by atoms with Gasteiger partial charge in [-0.15, -0.1) is 0 Å². The number of nitrogens with one attached hydrogen (secondary N) is 1. The Balaban J connectivity index is 3.00. The molecule has 0 radical (unpaired) electrons. The van der Waals surface area contributed by atoms with Gasteiger partial charge in [-0.1, -0.05) is 0 Å². The first-order chi connectivity index (χ1) is 6.40. The van der Waals surface area contributed by atoms with Crippen LogP contribution in [0, 0.1) is 17.1 Å². The third kappa shape index (κ3) is 3.06. The smallest absolute Gasteiger partial charge is 0.126 e. The lowest BCUT2D eigenvalue weighted by molar-refractivity contribution is 0.618. The van der Waals surface area contributed by atoms with Gasteiger partial charge in [0.2, 0.25) is 0 Å². The molecule has 0 spiro atoms. The zero-order chi connectivity index (χ0) is 10.8. The molecule has 0 aromatic heterocycles. The number of nitriles is 1. The highest BCUT2D eigenvalue weighted by atomic mass is 19.1. The summed E-state index contributed by atoms with van der Waals surface area (Å²) in [6, 6.07) is 6.14. The molecule has 0 atom stereocenters. The Morgan fingerprint density at radius 2 is 1.93 bits per heavy atom. The van der Waals surface area contributed by atoms with E-state index in [1.807, 2.05) is 26.8 Å². The van der Waals surface area contributed by atoms with E-state index in [0.29, 0.717) is 11.3 Å². The van der Waals surface area contributed by atoms with Gasteiger partial charge in [0.25, 0.3) is 0 Å². The van der Waals surface area contributed by atoms with Crippen molar-refractivity contribution in [2.75, 3.05) is 5.32 Å². The third-order valence-corrected chi connectivity index (χ3v) is 1.55. The van der Waals surface area contributed by atoms with Crippen LogP contribution < -0.4 is 5.32 Å². The summed E-state index contributed by atoms with van der Waals surface area (Å²) in [5.41, 5.74) is 0.825. The minimum atomic E-state index is -0.393. The van der Waals surface area contributed by atoms with E-state index in [1.165, 1.54) is 12.1 Å². The molecule has 0 aliphatic heterocycles. The molecule has 0 aliphatic carbocycles. The minimum Gasteiger partial charge on any atom is -0.380 e. The third-order valence-electron chi connectivity index (χ3n) is 1.55. The predicted octanol–water partition coefficient (Wildman–Crippen LogP) is 2.91. The predicted molar refractivity (Wildman–Crippen MR) is 54.5 cm³/mol. The lowest BCUT2D eigenvalue weighted by Gasteiger charge is -2.22. The van der Waals surface area contributed by atoms with Crippen molar-refractivity contribution in [3.05, 3.63) is 29.6 Å². The lowest BCUT2D eigenvalue weighted by Crippen LogP contribution is -2.26. The van der Waals surface area contributed by atoms with Crippen molar-refractivity contribution in [3.63, 3.8) is 0 Å². The first-order valence-corrected chi connectivity index (χ1v) is 4.39. The van der Waals surface area contributed by atoms with Gasteiger partial charge in [-0.2, -0.15) is 5.26 Å². The second-order valence-electron chi connectivity index (χ2n) is 4.22. The van der Waals surface area contributed by atoms with E-state index in [2.05, 4.69) is 5.32 Å². The normalized spacial score (nSPS) is 10.8. The van der Waals surface area contributed by atoms with E-state index in [-0.39, 0.29) is 5.54 Å². The molecule has 0 amide bonds. The molecule has 0 unspecified atom stereocenters. The molecular weight excluding hydrogens is 179 g/mol. The Morgan fingerprint density at radius 1 is 1.29 bits per heavy atom. The van der Waals surface area contributed by atoms with Gasteiger partial charge in [0.1, 0.15) is 5.82 Å². The molecular formula is C11H13FN2. The summed E-state index contributed by atoms with van der Waals surface area (Å²) in [5, 5.41) is 11.7. The number of anilines is 1. The molecule has 1 rings (SSSR count). The average Bonchev–Trinajstić information content (AvgIpc) is 1.99. The largest absolute Gasteiger partial charge is 0.380 e. The SMILES string of the molecule is CC(C)(C)Nc1cc(F)cc(C#N)c1. The second kappa shape index (κ2) is 3.67. The molecule has 14 heavy (non-hydrogen) atoms. The van der Waals surface area contributed by atoms with Gasteiger partial charge >= 0.3 is 0 Å². The van der Waals surface area contributed by atoms with Crippen LogP contribution in [-0.4, -0.2) is 5.54 Å². The fourth-order valence-corrected chi connectivity index (χ4v) is 1.16. The van der Waals surface area contributed by atoms with Gasteiger partial charge in [-0.25, -0.2) is 4.39 Å². The first-order valence-electron chi connectivity index (χ1n) is 4.39. The van der Waals surface area contributed by atoms with Crippen LogP contribution in [0.15, 0.2) is 18.2 Å². The number of halogens is 1. The van der Waals surface area contributed by atoms with Crippen LogP contribution in [0.2, 0.25) is 0 Å². The van der Waals surface area contributed by atoms with Crippen molar-refractivity contribution >= 4 is 5.69 Å². The summed E-state index contributed by atoms with van der Waals surface area (Å²) < 4.78 is 13.0. The molecule has 0 fully saturated rings. The second-order valence-corrected chi connectivity index (χ2v) is 4.22. The lowest BCUT2D eigenvalue weighted by atomic mass is 10.1. The molecule has 1 N–H and O–H groups in total. The summed E-state index contributed by atoms with van der Waals surface area (Å²) in [4.78, 5) is 0. The van der Waals surface area contributed by atoms with Crippen molar-refractivity contribution in [1.82, 2.24) is 0 Å². The van der Waals surface area contributed by atoms with Crippen LogP contribution in [-0.2, 0) is 0 Å². The molecule has 0 saturated heterocycles. The van der Waals surface area contributed by atoms with Crippen LogP contribution in [0.5, 0.6) is 0 Å². The van der Waals surface area contributed by atoms with E-state index in [9.17, 15) is 4.39 Å². The monoisotopic (exact) mass is 192 g/mol. The Morgan fingerprint density at radius 3 is 2.43 bits per heavy atom. The van der Waals surface area contributed by atoms with Gasteiger partial charge in [0, 0.05) is 11.2 Å². The zero-order valence-corrected chi connectivity index (χ0v) is 8.56. The highest BCUT2D eigenvalue weighted by Crippen LogP contribution is 2.17. The summed E-state index contributed by atoms with van der Waals surface area (Å²) in [5.74, 6) is -0.393. The highest BCUT2D eigenvalue weighted by Gasteiger charge is 2.10. The van der Waals surface area contributed by atoms with E-state index in [0.717, 1.165) is 0 Å². The molecule has 3 heteroatoms. The topological polar surface area (TPSA) is 35.8 Å². The van der Waals surface area contributed by atoms with Gasteiger partial charge in [-0.3, -0.25) is 0 Å². The van der Waals surface area contributed by atoms with Gasteiger partial charge in [-0.05, 0) is 39.0 Å². The Kier molecular flexibility index (Phi) is 2.76. The summed E-state index contributed by atoms with van der Waals surface area (Å²) in [6.45, 7) is 5.93. The quantitative estimate of drug-likeness (QED) is 0.742. The highest BCUT2D eigenvalue weighted by molar-refractivity contribution is 5.50. The fourth-order valence-electron chi connectivity index (χ4n) is 1.16. The van der Waals surface area contributed by atoms with E-state index in [1.54, 1.807) is 6.07 Å². The summed E-state index contributed by atoms with van der Waals surface area (Å²) in [6.07, 6.45) is 0. The van der Waals surface area contributed by atoms with Crippen LogP contribution in [0.1, 0.15) is 26.3 Å². The maximum Gasteiger partial charge on any atom is 0.126 e. The maximum absolute atomic E-state index is 13.0. The number of nitrogens with zero attached hydrogens (tertiary/aromatic N) is 1. The molecule has 74 valence electrons. The Hall–Kier alpha value is -1.56. The van der Waals surface area contributed by atoms with Crippen molar-refractivity contribution in [1.29, 1.82) is 5.26 Å². The summed E-state index contributed by atoms with van der Waals surface area (Å²) in [7, 11) is 0. The average molecular weight is 192 g/mol. The van der Waals surface area contributed by atoms with E-state index < -0.39 is 5.82 Å². The summed E-state index contributed by atoms with van der Waals surface area (Å²) >= 11 is 0. The molecule has 1 aromatic rings. The number of rotatable bonds is 1. The molecule has 2 nitrogen and oxygen atoms in total. The Bertz CT molecular complexity index is 372. The van der Waals surface area contributed by atoms with Crippen molar-refractivity contribution in [2.24, 2.45) is 0 Å². The van der Waals surface area contributed by atoms with Gasteiger partial charge < -0.3 is 5.32 Å². The first kappa shape index (κ1) is 10.5. The zero-order valence-electron chi connectivity index (χ0n) is 8.56. The number of benzene rings is 1. The number of hydrogen-bond donors (Lipinski definition) is 1. The molecule has 0 heterocycles. The van der Waals surface area contributed by atoms with Crippen molar-refractivity contribution in [2.45, 2.75) is 26.3 Å². The molecule has 1 aromatic carbocycles. The van der Waals surface area contributed by atoms with E-state index >= 15 is 0 Å². The molecule has 0 bridgehead atoms. The molecule has 0 aliphatic rings. The minimum absolute atomic E-state index is 0.138. The van der Waals surface area contributed by atoms with Crippen LogP contribution in [0.3, 0.4) is 0 Å². The van der Waals surface area contributed by atoms with Crippen LogP contribution >= 0.6 is 0 Å². The van der Waals surface area contributed by atoms with E-state index in [4.69, 9.17) is 5.26 Å². The van der Waals surface area contributed by atoms with Crippen molar-refractivity contribution in [3.8, 4) is 6.07 Å². The number of hydrogen-bond acceptors (Lipinski definition) is 2. The van der Waals surface area contributed by atoms with Gasteiger partial charge in [0.05, 0.1) is 11.6 Å². The maximum atomic E-state index is 13.0. The fraction of sp³-hybridized carbons (Fsp3) is 0.364. The Labute approximate surface area is 83.4 Å². The van der Waals surface area contributed by atoms with Crippen LogP contribution in [0.25, 0.3) is 0 Å². The van der Waals surface area contributed by atoms with Crippen molar-refractivity contribution < 1.29 is 4.39 Å². The molecule has 0 saturated carbocycles. The van der Waals surface area contributed by atoms with Gasteiger partial charge in [0.15, 0.2) is 0 Å². The van der Waals surface area contributed by atoms with Crippen LogP contribution in [0.4, 0.5) is 10.1 Å².